The van der Waals surface area contributed by atoms with Crippen LogP contribution in [0.1, 0.15) is 31.2 Å². The Kier molecular flexibility index (Phi) is 2.96. The van der Waals surface area contributed by atoms with Gasteiger partial charge in [-0.05, 0) is 41.8 Å². The number of aromatic hydroxyl groups is 2. The second kappa shape index (κ2) is 4.66. The molecule has 2 aromatic carbocycles. The van der Waals surface area contributed by atoms with Gasteiger partial charge in [0.2, 0.25) is 6.08 Å². The van der Waals surface area contributed by atoms with Crippen molar-refractivity contribution in [2.45, 2.75) is 31.2 Å². The highest BCUT2D eigenvalue weighted by Gasteiger charge is 2.39. The lowest BCUT2D eigenvalue weighted by Crippen LogP contribution is -2.19. The molecule has 0 aromatic heterocycles. The minimum atomic E-state index is -0.709. The lowest BCUT2D eigenvalue weighted by Gasteiger charge is -2.25. The number of phenolic OH excluding ortho intramolecular Hbond substituents is 2. The highest BCUT2D eigenvalue weighted by atomic mass is 16.3. The van der Waals surface area contributed by atoms with Gasteiger partial charge in [-0.25, -0.2) is 4.79 Å². The minimum absolute atomic E-state index is 0.115. The van der Waals surface area contributed by atoms with Crippen molar-refractivity contribution < 1.29 is 15.0 Å². The molecule has 0 radical (unpaired) electrons. The number of rotatable bonds is 2. The second-order valence-corrected chi connectivity index (χ2v) is 5.31. The van der Waals surface area contributed by atoms with Crippen molar-refractivity contribution in [1.29, 1.82) is 0 Å². The van der Waals surface area contributed by atoms with Crippen LogP contribution in [0, 0.1) is 0 Å². The zero-order valence-corrected chi connectivity index (χ0v) is 11.0. The lowest BCUT2D eigenvalue weighted by molar-refractivity contribution is 0.412. The van der Waals surface area contributed by atoms with Crippen molar-refractivity contribution >= 4 is 16.9 Å². The average molecular weight is 269 g/mol. The summed E-state index contributed by atoms with van der Waals surface area (Å²) in [6, 6.07) is 8.43. The van der Waals surface area contributed by atoms with E-state index in [1.807, 2.05) is 0 Å². The monoisotopic (exact) mass is 269 g/mol. The summed E-state index contributed by atoms with van der Waals surface area (Å²) in [6.45, 7) is 0. The molecule has 0 heterocycles. The van der Waals surface area contributed by atoms with Crippen molar-refractivity contribution in [2.75, 3.05) is 0 Å². The summed E-state index contributed by atoms with van der Waals surface area (Å²) in [6.07, 6.45) is 5.00. The molecule has 20 heavy (non-hydrogen) atoms. The van der Waals surface area contributed by atoms with Crippen LogP contribution in [0.5, 0.6) is 11.5 Å². The Morgan fingerprint density at radius 1 is 1.10 bits per heavy atom. The fraction of sp³-hybridized carbons (Fsp3) is 0.312. The van der Waals surface area contributed by atoms with E-state index in [2.05, 4.69) is 4.99 Å². The molecule has 0 atom stereocenters. The molecular formula is C16H15NO3. The Balaban J connectivity index is 2.36. The number of nitrogens with zero attached hydrogens (tertiary/aromatic N) is 1. The zero-order valence-electron chi connectivity index (χ0n) is 11.0. The fourth-order valence-corrected chi connectivity index (χ4v) is 3.25. The first-order chi connectivity index (χ1) is 9.66. The van der Waals surface area contributed by atoms with Crippen LogP contribution in [0.15, 0.2) is 35.3 Å². The summed E-state index contributed by atoms with van der Waals surface area (Å²) in [4.78, 5) is 14.8. The number of phenols is 2. The molecule has 0 aliphatic heterocycles. The molecular weight excluding hydrogens is 254 g/mol. The van der Waals surface area contributed by atoms with E-state index in [9.17, 15) is 15.0 Å². The molecule has 2 aromatic rings. The summed E-state index contributed by atoms with van der Waals surface area (Å²) in [5, 5.41) is 21.6. The van der Waals surface area contributed by atoms with E-state index in [-0.39, 0.29) is 11.5 Å². The van der Waals surface area contributed by atoms with Crippen molar-refractivity contribution in [3.63, 3.8) is 0 Å². The molecule has 0 saturated heterocycles. The molecule has 0 unspecified atom stereocenters. The molecule has 0 bridgehead atoms. The lowest BCUT2D eigenvalue weighted by atomic mass is 9.84. The normalized spacial score (nSPS) is 17.0. The van der Waals surface area contributed by atoms with Crippen LogP contribution in [0.3, 0.4) is 0 Å². The third kappa shape index (κ3) is 1.86. The summed E-state index contributed by atoms with van der Waals surface area (Å²) in [7, 11) is 0. The van der Waals surface area contributed by atoms with Crippen LogP contribution in [0.25, 0.3) is 10.8 Å². The topological polar surface area (TPSA) is 69.9 Å². The van der Waals surface area contributed by atoms with Crippen LogP contribution in [-0.4, -0.2) is 16.3 Å². The molecule has 2 N–H and O–H groups in total. The number of benzene rings is 2. The number of carbonyl (C=O) groups excluding carboxylic acids is 1. The molecule has 1 saturated carbocycles. The number of hydrogen-bond donors (Lipinski definition) is 2. The third-order valence-corrected chi connectivity index (χ3v) is 4.14. The Labute approximate surface area is 116 Å². The minimum Gasteiger partial charge on any atom is -0.508 e. The van der Waals surface area contributed by atoms with Crippen LogP contribution in [0.4, 0.5) is 0 Å². The van der Waals surface area contributed by atoms with Gasteiger partial charge in [-0.3, -0.25) is 0 Å². The molecule has 4 nitrogen and oxygen atoms in total. The summed E-state index contributed by atoms with van der Waals surface area (Å²) in [5.74, 6) is 0.247. The van der Waals surface area contributed by atoms with Gasteiger partial charge in [0, 0.05) is 5.56 Å². The summed E-state index contributed by atoms with van der Waals surface area (Å²) < 4.78 is 0. The number of fused-ring (bicyclic) bond motifs is 1. The molecule has 0 amide bonds. The Morgan fingerprint density at radius 2 is 1.80 bits per heavy atom. The van der Waals surface area contributed by atoms with Crippen molar-refractivity contribution in [2.24, 2.45) is 4.99 Å². The predicted molar refractivity (Wildman–Crippen MR) is 75.5 cm³/mol. The van der Waals surface area contributed by atoms with Crippen molar-refractivity contribution in [3.05, 3.63) is 35.9 Å². The highest BCUT2D eigenvalue weighted by Crippen LogP contribution is 2.48. The van der Waals surface area contributed by atoms with Gasteiger partial charge in [-0.15, -0.1) is 0 Å². The summed E-state index contributed by atoms with van der Waals surface area (Å²) in [5.41, 5.74) is -0.0779. The Bertz CT molecular complexity index is 706. The Hall–Kier alpha value is -2.32. The first kappa shape index (κ1) is 12.7. The first-order valence-electron chi connectivity index (χ1n) is 6.70. The maximum Gasteiger partial charge on any atom is 0.235 e. The molecule has 1 fully saturated rings. The van der Waals surface area contributed by atoms with E-state index in [1.54, 1.807) is 36.4 Å². The van der Waals surface area contributed by atoms with E-state index in [0.717, 1.165) is 23.6 Å². The van der Waals surface area contributed by atoms with Gasteiger partial charge in [-0.2, -0.15) is 4.99 Å². The first-order valence-corrected chi connectivity index (χ1v) is 6.70. The standard InChI is InChI=1S/C16H15NO3/c18-10-17-16(7-1-2-8-16)15-13-9-12(19)5-3-11(13)4-6-14(15)20/h3-6,9,19-20H,1-2,7-8H2. The zero-order chi connectivity index (χ0) is 14.2. The summed E-state index contributed by atoms with van der Waals surface area (Å²) >= 11 is 0. The smallest absolute Gasteiger partial charge is 0.235 e. The van der Waals surface area contributed by atoms with Gasteiger partial charge in [0.05, 0.1) is 0 Å². The van der Waals surface area contributed by atoms with Crippen molar-refractivity contribution in [3.8, 4) is 11.5 Å². The maximum atomic E-state index is 10.8. The Morgan fingerprint density at radius 3 is 2.50 bits per heavy atom. The van der Waals surface area contributed by atoms with Gasteiger partial charge in [0.25, 0.3) is 0 Å². The quantitative estimate of drug-likeness (QED) is 0.648. The second-order valence-electron chi connectivity index (χ2n) is 5.31. The van der Waals surface area contributed by atoms with Gasteiger partial charge < -0.3 is 10.2 Å². The predicted octanol–water partition coefficient (Wildman–Crippen LogP) is 3.36. The van der Waals surface area contributed by atoms with Crippen LogP contribution < -0.4 is 0 Å². The SMILES string of the molecule is O=C=NC1(c2c(O)ccc3ccc(O)cc23)CCCC1. The third-order valence-electron chi connectivity index (χ3n) is 4.14. The fourth-order valence-electron chi connectivity index (χ4n) is 3.25. The molecule has 102 valence electrons. The van der Waals surface area contributed by atoms with Gasteiger partial charge in [0.15, 0.2) is 0 Å². The molecule has 0 spiro atoms. The highest BCUT2D eigenvalue weighted by molar-refractivity contribution is 5.90. The van der Waals surface area contributed by atoms with Gasteiger partial charge in [0.1, 0.15) is 17.0 Å². The van der Waals surface area contributed by atoms with Crippen molar-refractivity contribution in [1.82, 2.24) is 0 Å². The largest absolute Gasteiger partial charge is 0.508 e. The molecule has 1 aliphatic rings. The molecule has 3 rings (SSSR count). The molecule has 1 aliphatic carbocycles. The van der Waals surface area contributed by atoms with Crippen LogP contribution in [0.2, 0.25) is 0 Å². The van der Waals surface area contributed by atoms with E-state index in [1.165, 1.54) is 0 Å². The van der Waals surface area contributed by atoms with Crippen LogP contribution in [-0.2, 0) is 10.3 Å². The average Bonchev–Trinajstić information content (AvgIpc) is 2.88. The van der Waals surface area contributed by atoms with Gasteiger partial charge >= 0.3 is 0 Å². The number of isocyanates is 1. The van der Waals surface area contributed by atoms with E-state index in [0.29, 0.717) is 18.4 Å². The maximum absolute atomic E-state index is 10.8. The molecule has 4 heteroatoms. The number of hydrogen-bond acceptors (Lipinski definition) is 4. The van der Waals surface area contributed by atoms with Crippen LogP contribution >= 0.6 is 0 Å². The van der Waals surface area contributed by atoms with E-state index >= 15 is 0 Å². The van der Waals surface area contributed by atoms with E-state index in [4.69, 9.17) is 0 Å². The number of aliphatic imine (C=N–C) groups is 1. The van der Waals surface area contributed by atoms with E-state index < -0.39 is 5.54 Å². The van der Waals surface area contributed by atoms with Gasteiger partial charge in [-0.1, -0.05) is 25.0 Å².